The highest BCUT2D eigenvalue weighted by Gasteiger charge is 2.33. The lowest BCUT2D eigenvalue weighted by Gasteiger charge is -2.35. The molecule has 1 amide bonds. The quantitative estimate of drug-likeness (QED) is 0.746. The zero-order valence-corrected chi connectivity index (χ0v) is 18.2. The molecule has 30 heavy (non-hydrogen) atoms. The first kappa shape index (κ1) is 20.7. The summed E-state index contributed by atoms with van der Waals surface area (Å²) >= 11 is 0. The average Bonchev–Trinajstić information content (AvgIpc) is 3.17. The summed E-state index contributed by atoms with van der Waals surface area (Å²) in [7, 11) is -2.33. The molecule has 160 valence electrons. The Hall–Kier alpha value is -2.58. The van der Waals surface area contributed by atoms with Crippen molar-refractivity contribution in [2.24, 2.45) is 0 Å². The van der Waals surface area contributed by atoms with Gasteiger partial charge >= 0.3 is 0 Å². The van der Waals surface area contributed by atoms with Gasteiger partial charge in [0.25, 0.3) is 15.9 Å². The Bertz CT molecular complexity index is 1060. The van der Waals surface area contributed by atoms with Crippen LogP contribution in [0.25, 0.3) is 0 Å². The smallest absolute Gasteiger partial charge is 0.264 e. The average molecular weight is 431 g/mol. The molecule has 2 heterocycles. The normalized spacial score (nSPS) is 21.4. The van der Waals surface area contributed by atoms with Gasteiger partial charge in [-0.25, -0.2) is 8.42 Å². The summed E-state index contributed by atoms with van der Waals surface area (Å²) in [5.41, 5.74) is 1.94. The number of carbonyl (C=O) groups excluding carboxylic acids is 1. The van der Waals surface area contributed by atoms with Crippen LogP contribution in [0.1, 0.15) is 29.8 Å². The maximum atomic E-state index is 13.4. The van der Waals surface area contributed by atoms with E-state index >= 15 is 0 Å². The summed E-state index contributed by atoms with van der Waals surface area (Å²) in [4.78, 5) is 15.0. The Kier molecular flexibility index (Phi) is 5.46. The molecule has 4 rings (SSSR count). The Balaban J connectivity index is 1.70. The van der Waals surface area contributed by atoms with E-state index < -0.39 is 10.0 Å². The second kappa shape index (κ2) is 7.92. The Morgan fingerprint density at radius 1 is 1.10 bits per heavy atom. The van der Waals surface area contributed by atoms with Gasteiger partial charge in [0.15, 0.2) is 0 Å². The van der Waals surface area contributed by atoms with Crippen LogP contribution < -0.4 is 9.04 Å². The summed E-state index contributed by atoms with van der Waals surface area (Å²) in [5, 5.41) is 0. The van der Waals surface area contributed by atoms with Crippen molar-refractivity contribution in [1.29, 1.82) is 0 Å². The molecule has 0 aromatic heterocycles. The first-order valence-electron chi connectivity index (χ1n) is 10.0. The fourth-order valence-corrected chi connectivity index (χ4v) is 5.74. The van der Waals surface area contributed by atoms with Crippen LogP contribution in [0.2, 0.25) is 0 Å². The molecular formula is C22H26N2O5S. The summed E-state index contributed by atoms with van der Waals surface area (Å²) in [6.45, 7) is 5.11. The first-order chi connectivity index (χ1) is 14.3. The number of carbonyl (C=O) groups is 1. The zero-order chi connectivity index (χ0) is 21.5. The number of sulfonamides is 1. The van der Waals surface area contributed by atoms with Gasteiger partial charge in [-0.3, -0.25) is 9.10 Å². The number of para-hydroxylation sites is 1. The zero-order valence-electron chi connectivity index (χ0n) is 17.4. The predicted octanol–water partition coefficient (Wildman–Crippen LogP) is 2.70. The highest BCUT2D eigenvalue weighted by Crippen LogP contribution is 2.34. The lowest BCUT2D eigenvalue weighted by Crippen LogP contribution is -2.48. The number of morpholine rings is 1. The molecule has 0 aliphatic carbocycles. The van der Waals surface area contributed by atoms with Crippen molar-refractivity contribution in [3.63, 3.8) is 0 Å². The van der Waals surface area contributed by atoms with Gasteiger partial charge in [0, 0.05) is 19.6 Å². The van der Waals surface area contributed by atoms with Crippen molar-refractivity contribution in [3.8, 4) is 5.75 Å². The SMILES string of the molecule is COc1ccc(S(=O)(=O)N2CCc3ccccc32)cc1C(=O)N1C[C@H](C)O[C@@H](C)C1. The molecule has 8 heteroatoms. The second-order valence-electron chi connectivity index (χ2n) is 7.79. The Morgan fingerprint density at radius 3 is 2.50 bits per heavy atom. The van der Waals surface area contributed by atoms with E-state index in [0.717, 1.165) is 5.56 Å². The number of methoxy groups -OCH3 is 1. The van der Waals surface area contributed by atoms with Gasteiger partial charge in [-0.05, 0) is 50.1 Å². The molecule has 0 N–H and O–H groups in total. The number of rotatable bonds is 4. The molecule has 2 aromatic carbocycles. The van der Waals surface area contributed by atoms with Gasteiger partial charge in [-0.2, -0.15) is 0 Å². The number of anilines is 1. The van der Waals surface area contributed by atoms with Crippen LogP contribution >= 0.6 is 0 Å². The molecule has 0 spiro atoms. The highest BCUT2D eigenvalue weighted by atomic mass is 32.2. The van der Waals surface area contributed by atoms with Crippen LogP contribution in [0, 0.1) is 0 Å². The Labute approximate surface area is 177 Å². The maximum Gasteiger partial charge on any atom is 0.264 e. The third-order valence-corrected chi connectivity index (χ3v) is 7.35. The molecule has 0 saturated carbocycles. The highest BCUT2D eigenvalue weighted by molar-refractivity contribution is 7.92. The van der Waals surface area contributed by atoms with Crippen molar-refractivity contribution in [3.05, 3.63) is 53.6 Å². The number of hydrogen-bond donors (Lipinski definition) is 0. The summed E-state index contributed by atoms with van der Waals surface area (Å²) < 4.78 is 39.3. The van der Waals surface area contributed by atoms with Crippen LogP contribution in [-0.2, 0) is 21.2 Å². The lowest BCUT2D eigenvalue weighted by atomic mass is 10.1. The van der Waals surface area contributed by atoms with Gasteiger partial charge in [0.1, 0.15) is 5.75 Å². The van der Waals surface area contributed by atoms with Gasteiger partial charge in [-0.15, -0.1) is 0 Å². The molecule has 2 atom stereocenters. The van der Waals surface area contributed by atoms with Crippen molar-refractivity contribution in [1.82, 2.24) is 4.90 Å². The molecule has 0 radical (unpaired) electrons. The van der Waals surface area contributed by atoms with Crippen LogP contribution in [0.5, 0.6) is 5.75 Å². The number of fused-ring (bicyclic) bond motifs is 1. The minimum absolute atomic E-state index is 0.0812. The van der Waals surface area contributed by atoms with Crippen molar-refractivity contribution in [2.75, 3.05) is 31.0 Å². The fourth-order valence-electron chi connectivity index (χ4n) is 4.21. The molecule has 1 fully saturated rings. The van der Waals surface area contributed by atoms with Crippen LogP contribution in [0.4, 0.5) is 5.69 Å². The molecule has 1 saturated heterocycles. The Morgan fingerprint density at radius 2 is 1.80 bits per heavy atom. The fraction of sp³-hybridized carbons (Fsp3) is 0.409. The lowest BCUT2D eigenvalue weighted by molar-refractivity contribution is -0.0586. The molecular weight excluding hydrogens is 404 g/mol. The van der Waals surface area contributed by atoms with E-state index in [1.54, 1.807) is 11.0 Å². The predicted molar refractivity (Wildman–Crippen MR) is 114 cm³/mol. The van der Waals surface area contributed by atoms with Gasteiger partial charge in [0.2, 0.25) is 0 Å². The van der Waals surface area contributed by atoms with Gasteiger partial charge in [-0.1, -0.05) is 18.2 Å². The molecule has 2 aliphatic heterocycles. The third-order valence-electron chi connectivity index (χ3n) is 5.54. The van der Waals surface area contributed by atoms with E-state index in [4.69, 9.17) is 9.47 Å². The molecule has 2 aromatic rings. The van der Waals surface area contributed by atoms with E-state index in [0.29, 0.717) is 37.5 Å². The van der Waals surface area contributed by atoms with E-state index in [1.165, 1.54) is 23.5 Å². The third kappa shape index (κ3) is 3.65. The van der Waals surface area contributed by atoms with Crippen molar-refractivity contribution >= 4 is 21.6 Å². The van der Waals surface area contributed by atoms with E-state index in [9.17, 15) is 13.2 Å². The minimum Gasteiger partial charge on any atom is -0.496 e. The van der Waals surface area contributed by atoms with Crippen LogP contribution in [0.3, 0.4) is 0 Å². The maximum absolute atomic E-state index is 13.4. The second-order valence-corrected chi connectivity index (χ2v) is 9.65. The molecule has 2 aliphatic rings. The molecule has 7 nitrogen and oxygen atoms in total. The first-order valence-corrected chi connectivity index (χ1v) is 11.5. The number of ether oxygens (including phenoxy) is 2. The minimum atomic E-state index is -3.80. The van der Waals surface area contributed by atoms with E-state index in [2.05, 4.69) is 0 Å². The topological polar surface area (TPSA) is 76.2 Å². The largest absolute Gasteiger partial charge is 0.496 e. The number of amides is 1. The number of hydrogen-bond acceptors (Lipinski definition) is 5. The summed E-state index contributed by atoms with van der Waals surface area (Å²) in [5.74, 6) is 0.0975. The van der Waals surface area contributed by atoms with Crippen LogP contribution in [0.15, 0.2) is 47.4 Å². The van der Waals surface area contributed by atoms with Crippen molar-refractivity contribution < 1.29 is 22.7 Å². The number of nitrogens with zero attached hydrogens (tertiary/aromatic N) is 2. The molecule has 0 bridgehead atoms. The van der Waals surface area contributed by atoms with Gasteiger partial charge < -0.3 is 14.4 Å². The van der Waals surface area contributed by atoms with Gasteiger partial charge in [0.05, 0.1) is 35.5 Å². The van der Waals surface area contributed by atoms with Crippen molar-refractivity contribution in [2.45, 2.75) is 37.4 Å². The monoisotopic (exact) mass is 430 g/mol. The summed E-state index contributed by atoms with van der Waals surface area (Å²) in [6.07, 6.45) is 0.495. The molecule has 0 unspecified atom stereocenters. The van der Waals surface area contributed by atoms with E-state index in [-0.39, 0.29) is 28.6 Å². The van der Waals surface area contributed by atoms with E-state index in [1.807, 2.05) is 38.1 Å². The summed E-state index contributed by atoms with van der Waals surface area (Å²) in [6, 6.07) is 12.0. The standard InChI is InChI=1S/C22H26N2O5S/c1-15-13-23(14-16(2)29-15)22(25)19-12-18(8-9-21(19)28-3)30(26,27)24-11-10-17-6-4-5-7-20(17)24/h4-9,12,15-16H,10-11,13-14H2,1-3H3/t15-,16-/m0/s1. The van der Waals surface area contributed by atoms with Crippen LogP contribution in [-0.4, -0.2) is 58.2 Å². The number of benzene rings is 2.